The van der Waals surface area contributed by atoms with Crippen LogP contribution in [0.1, 0.15) is 16.7 Å². The van der Waals surface area contributed by atoms with Gasteiger partial charge in [-0.2, -0.15) is 28.0 Å². The Bertz CT molecular complexity index is 1290. The van der Waals surface area contributed by atoms with E-state index in [1.165, 1.54) is 31.4 Å². The number of rotatable bonds is 6. The maximum absolute atomic E-state index is 13.2. The number of sulfonamides is 1. The number of ether oxygens (including phenoxy) is 2. The topological polar surface area (TPSA) is 144 Å². The van der Waals surface area contributed by atoms with Gasteiger partial charge >= 0.3 is 6.18 Å². The highest BCUT2D eigenvalue weighted by Gasteiger charge is 2.51. The van der Waals surface area contributed by atoms with Crippen molar-refractivity contribution in [3.8, 4) is 23.6 Å². The van der Waals surface area contributed by atoms with Crippen molar-refractivity contribution in [2.75, 3.05) is 26.8 Å². The molecule has 3 rings (SSSR count). The Hall–Kier alpha value is -3.36. The molecular formula is C21H18F3N3O6S. The average Bonchev–Trinajstić information content (AvgIpc) is 3.15. The third-order valence-corrected chi connectivity index (χ3v) is 7.17. The molecule has 1 aliphatic rings. The molecule has 1 fully saturated rings. The van der Waals surface area contributed by atoms with Crippen LogP contribution in [-0.4, -0.2) is 61.4 Å². The zero-order valence-corrected chi connectivity index (χ0v) is 18.4. The minimum atomic E-state index is -4.78. The molecule has 0 saturated carbocycles. The normalized spacial score (nSPS) is 21.0. The van der Waals surface area contributed by atoms with E-state index in [1.807, 2.05) is 6.07 Å². The molecule has 0 bridgehead atoms. The number of β-amino-alcohol motifs (C(OH)–C–C–N with tert-alkyl or cyclic N) is 1. The summed E-state index contributed by atoms with van der Waals surface area (Å²) < 4.78 is 76.9. The molecule has 2 aromatic rings. The molecule has 0 amide bonds. The van der Waals surface area contributed by atoms with E-state index in [-0.39, 0.29) is 17.1 Å². The van der Waals surface area contributed by atoms with Crippen molar-refractivity contribution in [2.24, 2.45) is 0 Å². The van der Waals surface area contributed by atoms with E-state index in [9.17, 15) is 37.1 Å². The van der Waals surface area contributed by atoms with E-state index >= 15 is 0 Å². The molecule has 0 radical (unpaired) electrons. The highest BCUT2D eigenvalue weighted by molar-refractivity contribution is 7.89. The number of aliphatic hydroxyl groups excluding tert-OH is 1. The maximum Gasteiger partial charge on any atom is 0.416 e. The zero-order valence-electron chi connectivity index (χ0n) is 17.6. The molecule has 2 atom stereocenters. The van der Waals surface area contributed by atoms with Gasteiger partial charge in [0.05, 0.1) is 47.9 Å². The molecule has 0 spiro atoms. The molecule has 0 unspecified atom stereocenters. The van der Waals surface area contributed by atoms with Gasteiger partial charge in [0, 0.05) is 12.6 Å². The number of hydrogen-bond acceptors (Lipinski definition) is 8. The van der Waals surface area contributed by atoms with Crippen molar-refractivity contribution < 1.29 is 41.3 Å². The fraction of sp³-hybridized carbons (Fsp3) is 0.333. The first-order valence-electron chi connectivity index (χ1n) is 9.59. The molecule has 13 heteroatoms. The molecule has 180 valence electrons. The third-order valence-electron chi connectivity index (χ3n) is 5.30. The van der Waals surface area contributed by atoms with E-state index in [1.54, 1.807) is 0 Å². The van der Waals surface area contributed by atoms with Crippen molar-refractivity contribution in [1.29, 1.82) is 10.5 Å². The SMILES string of the molecule is COc1ccc(C#N)cc1O[C@H]1CN(S(=O)(=O)c2ccc(C(F)(F)F)cc2C#N)C[C@@]1(O)CO. The lowest BCUT2D eigenvalue weighted by atomic mass is 10.0. The number of halogens is 3. The van der Waals surface area contributed by atoms with Gasteiger partial charge in [-0.15, -0.1) is 0 Å². The maximum atomic E-state index is 13.2. The summed E-state index contributed by atoms with van der Waals surface area (Å²) in [7, 11) is -3.24. The summed E-state index contributed by atoms with van der Waals surface area (Å²) in [5.41, 5.74) is -3.83. The summed E-state index contributed by atoms with van der Waals surface area (Å²) >= 11 is 0. The number of aliphatic hydroxyl groups is 2. The minimum absolute atomic E-state index is 0.00455. The summed E-state index contributed by atoms with van der Waals surface area (Å²) in [4.78, 5) is -0.687. The van der Waals surface area contributed by atoms with Crippen LogP contribution in [0.3, 0.4) is 0 Å². The fourth-order valence-electron chi connectivity index (χ4n) is 3.46. The van der Waals surface area contributed by atoms with Gasteiger partial charge in [0.2, 0.25) is 10.0 Å². The predicted octanol–water partition coefficient (Wildman–Crippen LogP) is 1.63. The van der Waals surface area contributed by atoms with Crippen LogP contribution >= 0.6 is 0 Å². The molecule has 1 saturated heterocycles. The second-order valence-electron chi connectivity index (χ2n) is 7.46. The van der Waals surface area contributed by atoms with Crippen LogP contribution in [0.15, 0.2) is 41.3 Å². The molecule has 1 aliphatic heterocycles. The average molecular weight is 497 g/mol. The molecule has 2 aromatic carbocycles. The monoisotopic (exact) mass is 497 g/mol. The number of methoxy groups -OCH3 is 1. The minimum Gasteiger partial charge on any atom is -0.493 e. The molecule has 9 nitrogen and oxygen atoms in total. The van der Waals surface area contributed by atoms with Crippen molar-refractivity contribution in [2.45, 2.75) is 22.8 Å². The molecule has 2 N–H and O–H groups in total. The van der Waals surface area contributed by atoms with Gasteiger partial charge in [-0.05, 0) is 30.3 Å². The van der Waals surface area contributed by atoms with Crippen molar-refractivity contribution in [3.63, 3.8) is 0 Å². The van der Waals surface area contributed by atoms with E-state index in [4.69, 9.17) is 14.7 Å². The van der Waals surface area contributed by atoms with Gasteiger partial charge in [-0.3, -0.25) is 0 Å². The Kier molecular flexibility index (Phi) is 6.78. The summed E-state index contributed by atoms with van der Waals surface area (Å²) in [5, 5.41) is 39.0. The summed E-state index contributed by atoms with van der Waals surface area (Å²) in [6.45, 7) is -2.09. The number of nitrogens with zero attached hydrogens (tertiary/aromatic N) is 3. The van der Waals surface area contributed by atoms with Gasteiger partial charge in [-0.25, -0.2) is 8.42 Å². The highest BCUT2D eigenvalue weighted by atomic mass is 32.2. The largest absolute Gasteiger partial charge is 0.493 e. The van der Waals surface area contributed by atoms with Crippen LogP contribution in [0.25, 0.3) is 0 Å². The number of nitriles is 2. The number of benzene rings is 2. The smallest absolute Gasteiger partial charge is 0.416 e. The Morgan fingerprint density at radius 3 is 2.44 bits per heavy atom. The molecule has 1 heterocycles. The quantitative estimate of drug-likeness (QED) is 0.613. The van der Waals surface area contributed by atoms with Crippen molar-refractivity contribution in [3.05, 3.63) is 53.1 Å². The van der Waals surface area contributed by atoms with Crippen molar-refractivity contribution in [1.82, 2.24) is 4.31 Å². The highest BCUT2D eigenvalue weighted by Crippen LogP contribution is 2.36. The number of alkyl halides is 3. The van der Waals surface area contributed by atoms with E-state index in [2.05, 4.69) is 0 Å². The van der Waals surface area contributed by atoms with E-state index in [0.717, 1.165) is 0 Å². The Morgan fingerprint density at radius 2 is 1.88 bits per heavy atom. The van der Waals surface area contributed by atoms with Gasteiger partial charge in [0.15, 0.2) is 11.5 Å². The van der Waals surface area contributed by atoms with Crippen LogP contribution in [0.2, 0.25) is 0 Å². The van der Waals surface area contributed by atoms with Gasteiger partial charge in [0.25, 0.3) is 0 Å². The zero-order chi connectivity index (χ0) is 25.3. The van der Waals surface area contributed by atoms with Gasteiger partial charge in [0.1, 0.15) is 17.8 Å². The Balaban J connectivity index is 1.98. The van der Waals surface area contributed by atoms with Crippen LogP contribution in [-0.2, 0) is 16.2 Å². The lowest BCUT2D eigenvalue weighted by molar-refractivity contribution is -0.137. The van der Waals surface area contributed by atoms with Crippen molar-refractivity contribution >= 4 is 10.0 Å². The summed E-state index contributed by atoms with van der Waals surface area (Å²) in [6, 6.07) is 9.16. The van der Waals surface area contributed by atoms with Crippen LogP contribution in [0, 0.1) is 22.7 Å². The molecule has 0 aliphatic carbocycles. The lowest BCUT2D eigenvalue weighted by Gasteiger charge is -2.27. The van der Waals surface area contributed by atoms with Gasteiger partial charge < -0.3 is 19.7 Å². The van der Waals surface area contributed by atoms with Crippen LogP contribution in [0.4, 0.5) is 13.2 Å². The first-order valence-corrected chi connectivity index (χ1v) is 11.0. The van der Waals surface area contributed by atoms with Crippen LogP contribution in [0.5, 0.6) is 11.5 Å². The molecule has 0 aromatic heterocycles. The second-order valence-corrected chi connectivity index (χ2v) is 9.37. The fourth-order valence-corrected chi connectivity index (χ4v) is 5.08. The van der Waals surface area contributed by atoms with E-state index < -0.39 is 63.6 Å². The van der Waals surface area contributed by atoms with Crippen LogP contribution < -0.4 is 9.47 Å². The Morgan fingerprint density at radius 1 is 1.18 bits per heavy atom. The predicted molar refractivity (Wildman–Crippen MR) is 109 cm³/mol. The molecule has 34 heavy (non-hydrogen) atoms. The molecular weight excluding hydrogens is 479 g/mol. The summed E-state index contributed by atoms with van der Waals surface area (Å²) in [6.07, 6.45) is -6.12. The standard InChI is InChI=1S/C21H18F3N3O6S/c1-32-16-4-2-13(8-25)6-17(16)33-19-10-27(11-20(19,29)12-28)34(30,31)18-5-3-15(21(22,23)24)7-14(18)9-26/h2-7,19,28-29H,10-12H2,1H3/t19-,20+/m0/s1. The first kappa shape index (κ1) is 25.3. The second kappa shape index (κ2) is 9.12. The summed E-state index contributed by atoms with van der Waals surface area (Å²) in [5.74, 6) is 0.181. The Labute approximate surface area is 192 Å². The number of hydrogen-bond donors (Lipinski definition) is 2. The van der Waals surface area contributed by atoms with E-state index in [0.29, 0.717) is 22.5 Å². The first-order chi connectivity index (χ1) is 15.9. The van der Waals surface area contributed by atoms with Gasteiger partial charge in [-0.1, -0.05) is 0 Å². The third kappa shape index (κ3) is 4.64. The lowest BCUT2D eigenvalue weighted by Crippen LogP contribution is -2.48.